The Labute approximate surface area is 131 Å². The third kappa shape index (κ3) is 3.78. The number of rotatable bonds is 4. The predicted octanol–water partition coefficient (Wildman–Crippen LogP) is 5.58. The van der Waals surface area contributed by atoms with Crippen molar-refractivity contribution >= 4 is 11.6 Å². The minimum absolute atomic E-state index is 0.0379. The van der Waals surface area contributed by atoms with Crippen LogP contribution in [-0.4, -0.2) is 0 Å². The van der Waals surface area contributed by atoms with Crippen LogP contribution in [0, 0.1) is 6.92 Å². The number of aryl methyl sites for hydroxylation is 1. The molecule has 1 atom stereocenters. The average molecular weight is 304 g/mol. The summed E-state index contributed by atoms with van der Waals surface area (Å²) in [6.45, 7) is 8.40. The molecule has 0 saturated heterocycles. The topological polar surface area (TPSA) is 35.2 Å². The molecule has 0 radical (unpaired) electrons. The van der Waals surface area contributed by atoms with Crippen molar-refractivity contribution in [1.29, 1.82) is 0 Å². The molecule has 0 aliphatic carbocycles. The highest BCUT2D eigenvalue weighted by Crippen LogP contribution is 2.32. The summed E-state index contributed by atoms with van der Waals surface area (Å²) in [6, 6.07) is 11.8. The quantitative estimate of drug-likeness (QED) is 0.799. The normalized spacial score (nSPS) is 12.5. The molecule has 0 aromatic heterocycles. The zero-order valence-corrected chi connectivity index (χ0v) is 13.7. The first-order valence-electron chi connectivity index (χ1n) is 7.22. The molecule has 0 fully saturated rings. The van der Waals surface area contributed by atoms with Crippen LogP contribution in [0.3, 0.4) is 0 Å². The Hall–Kier alpha value is -1.51. The molecular weight excluding hydrogens is 282 g/mol. The highest BCUT2D eigenvalue weighted by atomic mass is 35.5. The van der Waals surface area contributed by atoms with Crippen molar-refractivity contribution in [1.82, 2.24) is 0 Å². The second kappa shape index (κ2) is 6.50. The summed E-state index contributed by atoms with van der Waals surface area (Å²) in [5.41, 5.74) is 9.41. The van der Waals surface area contributed by atoms with Gasteiger partial charge in [-0.15, -0.1) is 0 Å². The van der Waals surface area contributed by atoms with E-state index in [0.717, 1.165) is 11.3 Å². The summed E-state index contributed by atoms with van der Waals surface area (Å²) in [5.74, 6) is 1.96. The van der Waals surface area contributed by atoms with Gasteiger partial charge in [0.15, 0.2) is 0 Å². The van der Waals surface area contributed by atoms with Gasteiger partial charge in [0.2, 0.25) is 0 Å². The van der Waals surface area contributed by atoms with Gasteiger partial charge in [0, 0.05) is 6.04 Å². The van der Waals surface area contributed by atoms with Gasteiger partial charge < -0.3 is 10.5 Å². The van der Waals surface area contributed by atoms with Crippen molar-refractivity contribution in [2.45, 2.75) is 39.7 Å². The SMILES string of the molecule is Cc1cc(Oc2ccc([C@@H](C)N)cc2Cl)ccc1C(C)C. The lowest BCUT2D eigenvalue weighted by atomic mass is 9.98. The first kappa shape index (κ1) is 15.9. The first-order valence-corrected chi connectivity index (χ1v) is 7.59. The maximum atomic E-state index is 6.26. The van der Waals surface area contributed by atoms with E-state index in [4.69, 9.17) is 22.1 Å². The number of benzene rings is 2. The van der Waals surface area contributed by atoms with Crippen molar-refractivity contribution in [3.63, 3.8) is 0 Å². The van der Waals surface area contributed by atoms with Gasteiger partial charge in [-0.05, 0) is 60.7 Å². The molecule has 0 spiro atoms. The molecule has 21 heavy (non-hydrogen) atoms. The third-order valence-corrected chi connectivity index (χ3v) is 3.87. The molecule has 0 aliphatic rings. The van der Waals surface area contributed by atoms with Crippen LogP contribution in [0.5, 0.6) is 11.5 Å². The van der Waals surface area contributed by atoms with E-state index >= 15 is 0 Å². The van der Waals surface area contributed by atoms with Gasteiger partial charge in [-0.25, -0.2) is 0 Å². The highest BCUT2D eigenvalue weighted by molar-refractivity contribution is 6.32. The smallest absolute Gasteiger partial charge is 0.146 e. The molecule has 0 unspecified atom stereocenters. The first-order chi connectivity index (χ1) is 9.88. The Morgan fingerprint density at radius 2 is 1.76 bits per heavy atom. The Kier molecular flexibility index (Phi) is 4.92. The van der Waals surface area contributed by atoms with Gasteiger partial charge in [-0.1, -0.05) is 37.6 Å². The van der Waals surface area contributed by atoms with Gasteiger partial charge >= 0.3 is 0 Å². The summed E-state index contributed by atoms with van der Waals surface area (Å²) < 4.78 is 5.89. The second-order valence-electron chi connectivity index (χ2n) is 5.75. The van der Waals surface area contributed by atoms with Crippen molar-refractivity contribution < 1.29 is 4.74 Å². The second-order valence-corrected chi connectivity index (χ2v) is 6.16. The van der Waals surface area contributed by atoms with E-state index in [-0.39, 0.29) is 6.04 Å². The van der Waals surface area contributed by atoms with Crippen LogP contribution in [0.4, 0.5) is 0 Å². The van der Waals surface area contributed by atoms with Gasteiger partial charge in [-0.2, -0.15) is 0 Å². The lowest BCUT2D eigenvalue weighted by molar-refractivity contribution is 0.481. The summed E-state index contributed by atoms with van der Waals surface area (Å²) in [5, 5.41) is 0.579. The van der Waals surface area contributed by atoms with Gasteiger partial charge in [0.05, 0.1) is 5.02 Å². The molecule has 0 heterocycles. The average Bonchev–Trinajstić information content (AvgIpc) is 2.40. The van der Waals surface area contributed by atoms with E-state index in [1.54, 1.807) is 0 Å². The zero-order valence-electron chi connectivity index (χ0n) is 13.0. The van der Waals surface area contributed by atoms with Gasteiger partial charge in [0.1, 0.15) is 11.5 Å². The number of halogens is 1. The summed E-state index contributed by atoms with van der Waals surface area (Å²) >= 11 is 6.26. The van der Waals surface area contributed by atoms with Crippen molar-refractivity contribution in [3.8, 4) is 11.5 Å². The fraction of sp³-hybridized carbons (Fsp3) is 0.333. The molecule has 0 saturated carbocycles. The molecule has 2 rings (SSSR count). The van der Waals surface area contributed by atoms with Crippen LogP contribution < -0.4 is 10.5 Å². The van der Waals surface area contributed by atoms with Crippen molar-refractivity contribution in [2.75, 3.05) is 0 Å². The van der Waals surface area contributed by atoms with E-state index in [0.29, 0.717) is 16.7 Å². The Bertz CT molecular complexity index is 635. The number of nitrogens with two attached hydrogens (primary N) is 1. The lowest BCUT2D eigenvalue weighted by Gasteiger charge is -2.14. The van der Waals surface area contributed by atoms with E-state index in [2.05, 4.69) is 26.8 Å². The monoisotopic (exact) mass is 303 g/mol. The van der Waals surface area contributed by atoms with Crippen molar-refractivity contribution in [3.05, 3.63) is 58.1 Å². The molecule has 3 heteroatoms. The summed E-state index contributed by atoms with van der Waals surface area (Å²) in [4.78, 5) is 0. The minimum atomic E-state index is -0.0379. The molecular formula is C18H22ClNO. The number of hydrogen-bond acceptors (Lipinski definition) is 2. The summed E-state index contributed by atoms with van der Waals surface area (Å²) in [6.07, 6.45) is 0. The molecule has 112 valence electrons. The van der Waals surface area contributed by atoms with E-state index < -0.39 is 0 Å². The maximum Gasteiger partial charge on any atom is 0.146 e. The van der Waals surface area contributed by atoms with E-state index in [1.165, 1.54) is 11.1 Å². The third-order valence-electron chi connectivity index (χ3n) is 3.57. The molecule has 2 aromatic carbocycles. The standard InChI is InChI=1S/C18H22ClNO/c1-11(2)16-7-6-15(9-12(16)3)21-18-8-5-14(13(4)20)10-17(18)19/h5-11,13H,20H2,1-4H3/t13-/m1/s1. The predicted molar refractivity (Wildman–Crippen MR) is 89.4 cm³/mol. The van der Waals surface area contributed by atoms with Crippen LogP contribution in [0.15, 0.2) is 36.4 Å². The summed E-state index contributed by atoms with van der Waals surface area (Å²) in [7, 11) is 0. The van der Waals surface area contributed by atoms with Crippen LogP contribution in [0.25, 0.3) is 0 Å². The van der Waals surface area contributed by atoms with Crippen LogP contribution in [-0.2, 0) is 0 Å². The molecule has 0 amide bonds. The fourth-order valence-electron chi connectivity index (χ4n) is 2.37. The molecule has 2 nitrogen and oxygen atoms in total. The van der Waals surface area contributed by atoms with Crippen LogP contribution >= 0.6 is 11.6 Å². The van der Waals surface area contributed by atoms with Gasteiger partial charge in [0.25, 0.3) is 0 Å². The zero-order chi connectivity index (χ0) is 15.6. The molecule has 2 aromatic rings. The van der Waals surface area contributed by atoms with Crippen molar-refractivity contribution in [2.24, 2.45) is 5.73 Å². The van der Waals surface area contributed by atoms with Gasteiger partial charge in [-0.3, -0.25) is 0 Å². The Balaban J connectivity index is 2.24. The lowest BCUT2D eigenvalue weighted by Crippen LogP contribution is -2.04. The molecule has 2 N–H and O–H groups in total. The van der Waals surface area contributed by atoms with Crippen LogP contribution in [0.2, 0.25) is 5.02 Å². The number of hydrogen-bond donors (Lipinski definition) is 1. The number of ether oxygens (including phenoxy) is 1. The molecule has 0 aliphatic heterocycles. The highest BCUT2D eigenvalue weighted by Gasteiger charge is 2.09. The van der Waals surface area contributed by atoms with E-state index in [1.807, 2.05) is 37.3 Å². The van der Waals surface area contributed by atoms with Crippen LogP contribution in [0.1, 0.15) is 49.4 Å². The maximum absolute atomic E-state index is 6.26. The van der Waals surface area contributed by atoms with E-state index in [9.17, 15) is 0 Å². The minimum Gasteiger partial charge on any atom is -0.456 e. The molecule has 0 bridgehead atoms. The Morgan fingerprint density at radius 1 is 1.05 bits per heavy atom. The Morgan fingerprint density at radius 3 is 2.29 bits per heavy atom. The largest absolute Gasteiger partial charge is 0.456 e. The fourth-order valence-corrected chi connectivity index (χ4v) is 2.60.